The maximum atomic E-state index is 11.3. The Kier molecular flexibility index (Phi) is 4.36. The van der Waals surface area contributed by atoms with Crippen molar-refractivity contribution in [1.82, 2.24) is 4.98 Å². The first kappa shape index (κ1) is 17.8. The Morgan fingerprint density at radius 3 is 2.58 bits per heavy atom. The zero-order valence-corrected chi connectivity index (χ0v) is 14.3. The van der Waals surface area contributed by atoms with Crippen LogP contribution in [-0.4, -0.2) is 23.4 Å². The lowest BCUT2D eigenvalue weighted by molar-refractivity contribution is -0.384. The summed E-state index contributed by atoms with van der Waals surface area (Å²) in [5, 5.41) is 34.6. The Balaban J connectivity index is 2.11. The van der Waals surface area contributed by atoms with E-state index in [1.807, 2.05) is 0 Å². The van der Waals surface area contributed by atoms with Crippen molar-refractivity contribution in [3.8, 4) is 5.88 Å². The van der Waals surface area contributed by atoms with Crippen LogP contribution in [-0.2, 0) is 10.0 Å². The van der Waals surface area contributed by atoms with E-state index in [1.54, 1.807) is 18.2 Å². The number of nitrogens with one attached hydrogen (secondary N) is 1. The van der Waals surface area contributed by atoms with Gasteiger partial charge in [-0.3, -0.25) is 10.1 Å². The molecule has 26 heavy (non-hydrogen) atoms. The number of H-pyrrole nitrogens is 1. The summed E-state index contributed by atoms with van der Waals surface area (Å²) in [6.45, 7) is 0. The number of aromatic amines is 1. The van der Waals surface area contributed by atoms with Gasteiger partial charge in [-0.05, 0) is 30.3 Å². The lowest BCUT2D eigenvalue weighted by atomic mass is 10.2. The Morgan fingerprint density at radius 1 is 1.19 bits per heavy atom. The summed E-state index contributed by atoms with van der Waals surface area (Å²) < 4.78 is 22.7. The van der Waals surface area contributed by atoms with E-state index in [2.05, 4.69) is 15.2 Å². The molecule has 10 nitrogen and oxygen atoms in total. The molecule has 0 saturated heterocycles. The molecule has 4 N–H and O–H groups in total. The van der Waals surface area contributed by atoms with Crippen LogP contribution in [0.3, 0.4) is 0 Å². The molecule has 3 rings (SSSR count). The Labute approximate surface area is 151 Å². The molecule has 134 valence electrons. The summed E-state index contributed by atoms with van der Waals surface area (Å²) in [6.07, 6.45) is 0. The van der Waals surface area contributed by atoms with Gasteiger partial charge < -0.3 is 10.1 Å². The standard InChI is InChI=1S/C14H10ClN5O5S/c15-7-1-3-10-9(5-7)13(14(21)17-10)19-18-11-4-2-8(26(16,24)25)6-12(11)20(22)23/h1-6,17,21H,(H2,16,24,25). The fraction of sp³-hybridized carbons (Fsp3) is 0. The van der Waals surface area contributed by atoms with Crippen molar-refractivity contribution in [2.24, 2.45) is 15.4 Å². The van der Waals surface area contributed by atoms with Gasteiger partial charge in [-0.25, -0.2) is 13.6 Å². The summed E-state index contributed by atoms with van der Waals surface area (Å²) in [4.78, 5) is 12.6. The smallest absolute Gasteiger partial charge is 0.298 e. The van der Waals surface area contributed by atoms with E-state index in [9.17, 15) is 23.6 Å². The molecule has 0 spiro atoms. The first-order valence-corrected chi connectivity index (χ1v) is 8.82. The second-order valence-electron chi connectivity index (χ2n) is 5.16. The Bertz CT molecular complexity index is 1170. The zero-order chi connectivity index (χ0) is 19.1. The normalized spacial score (nSPS) is 12.1. The lowest BCUT2D eigenvalue weighted by Crippen LogP contribution is -2.12. The number of hydrogen-bond acceptors (Lipinski definition) is 7. The number of hydrogen-bond donors (Lipinski definition) is 3. The SMILES string of the molecule is NS(=O)(=O)c1ccc(N=Nc2c(O)[nH]c3ccc(Cl)cc23)c([N+](=O)[O-])c1. The number of primary sulfonamides is 1. The number of rotatable bonds is 4. The van der Waals surface area contributed by atoms with Crippen molar-refractivity contribution in [2.75, 3.05) is 0 Å². The van der Waals surface area contributed by atoms with Crippen molar-refractivity contribution in [3.63, 3.8) is 0 Å². The van der Waals surface area contributed by atoms with Gasteiger partial charge in [0.2, 0.25) is 15.9 Å². The molecule has 3 aromatic rings. The van der Waals surface area contributed by atoms with E-state index in [0.717, 1.165) is 18.2 Å². The predicted molar refractivity (Wildman–Crippen MR) is 93.6 cm³/mol. The summed E-state index contributed by atoms with van der Waals surface area (Å²) in [5.41, 5.74) is -0.233. The van der Waals surface area contributed by atoms with Crippen LogP contribution in [0.1, 0.15) is 0 Å². The zero-order valence-electron chi connectivity index (χ0n) is 12.7. The van der Waals surface area contributed by atoms with Crippen LogP contribution >= 0.6 is 11.6 Å². The summed E-state index contributed by atoms with van der Waals surface area (Å²) in [7, 11) is -4.11. The van der Waals surface area contributed by atoms with E-state index in [4.69, 9.17) is 16.7 Å². The third-order valence-electron chi connectivity index (χ3n) is 3.44. The molecule has 0 unspecified atom stereocenters. The minimum Gasteiger partial charge on any atom is -0.493 e. The monoisotopic (exact) mass is 395 g/mol. The summed E-state index contributed by atoms with van der Waals surface area (Å²) >= 11 is 5.92. The molecule has 0 aliphatic rings. The number of sulfonamides is 1. The van der Waals surface area contributed by atoms with Crippen LogP contribution in [0.15, 0.2) is 51.5 Å². The molecular formula is C14H10ClN5O5S. The van der Waals surface area contributed by atoms with Gasteiger partial charge in [0.05, 0.1) is 15.3 Å². The van der Waals surface area contributed by atoms with E-state index >= 15 is 0 Å². The van der Waals surface area contributed by atoms with Gasteiger partial charge in [0.25, 0.3) is 5.69 Å². The number of aromatic nitrogens is 1. The molecule has 0 aliphatic heterocycles. The Morgan fingerprint density at radius 2 is 1.92 bits per heavy atom. The highest BCUT2D eigenvalue weighted by atomic mass is 35.5. The Hall–Kier alpha value is -3.02. The molecule has 1 heterocycles. The quantitative estimate of drug-likeness (QED) is 0.349. The van der Waals surface area contributed by atoms with Crippen LogP contribution in [0.5, 0.6) is 5.88 Å². The number of nitro groups is 1. The van der Waals surface area contributed by atoms with Gasteiger partial charge >= 0.3 is 0 Å². The minimum atomic E-state index is -4.11. The van der Waals surface area contributed by atoms with Crippen LogP contribution in [0.4, 0.5) is 17.1 Å². The molecule has 1 aromatic heterocycles. The maximum absolute atomic E-state index is 11.3. The third kappa shape index (κ3) is 3.35. The molecule has 0 bridgehead atoms. The molecule has 0 radical (unpaired) electrons. The van der Waals surface area contributed by atoms with E-state index in [-0.39, 0.29) is 17.3 Å². The fourth-order valence-corrected chi connectivity index (χ4v) is 2.96. The third-order valence-corrected chi connectivity index (χ3v) is 4.59. The van der Waals surface area contributed by atoms with Crippen LogP contribution in [0, 0.1) is 10.1 Å². The van der Waals surface area contributed by atoms with Crippen LogP contribution < -0.4 is 5.14 Å². The summed E-state index contributed by atoms with van der Waals surface area (Å²) in [6, 6.07) is 7.73. The average molecular weight is 396 g/mol. The molecule has 0 saturated carbocycles. The van der Waals surface area contributed by atoms with E-state index in [0.29, 0.717) is 15.9 Å². The van der Waals surface area contributed by atoms with Crippen molar-refractivity contribution in [1.29, 1.82) is 0 Å². The first-order chi connectivity index (χ1) is 12.2. The molecule has 0 aliphatic carbocycles. The number of benzene rings is 2. The average Bonchev–Trinajstić information content (AvgIpc) is 2.86. The van der Waals surface area contributed by atoms with E-state index in [1.165, 1.54) is 0 Å². The first-order valence-electron chi connectivity index (χ1n) is 6.90. The van der Waals surface area contributed by atoms with Gasteiger partial charge in [0.1, 0.15) is 0 Å². The lowest BCUT2D eigenvalue weighted by Gasteiger charge is -2.00. The molecule has 0 amide bonds. The molecular weight excluding hydrogens is 386 g/mol. The number of fused-ring (bicyclic) bond motifs is 1. The van der Waals surface area contributed by atoms with Crippen LogP contribution in [0.25, 0.3) is 10.9 Å². The highest BCUT2D eigenvalue weighted by Crippen LogP contribution is 2.38. The largest absolute Gasteiger partial charge is 0.493 e. The van der Waals surface area contributed by atoms with Gasteiger partial charge in [0, 0.05) is 16.5 Å². The number of halogens is 1. The van der Waals surface area contributed by atoms with Crippen molar-refractivity contribution >= 4 is 49.6 Å². The number of nitrogens with zero attached hydrogens (tertiary/aromatic N) is 3. The second kappa shape index (κ2) is 6.37. The number of azo groups is 1. The maximum Gasteiger partial charge on any atom is 0.298 e. The predicted octanol–water partition coefficient (Wildman–Crippen LogP) is 3.50. The van der Waals surface area contributed by atoms with Gasteiger partial charge in [-0.2, -0.15) is 0 Å². The highest BCUT2D eigenvalue weighted by Gasteiger charge is 2.19. The fourth-order valence-electron chi connectivity index (χ4n) is 2.25. The molecule has 2 aromatic carbocycles. The molecule has 12 heteroatoms. The van der Waals surface area contributed by atoms with Gasteiger partial charge in [-0.15, -0.1) is 10.2 Å². The second-order valence-corrected chi connectivity index (χ2v) is 7.16. The van der Waals surface area contributed by atoms with Gasteiger partial charge in [-0.1, -0.05) is 11.6 Å². The van der Waals surface area contributed by atoms with Crippen LogP contribution in [0.2, 0.25) is 5.02 Å². The summed E-state index contributed by atoms with van der Waals surface area (Å²) in [5.74, 6) is -0.296. The number of nitrogens with two attached hydrogens (primary N) is 1. The topological polar surface area (TPSA) is 164 Å². The molecule has 0 atom stereocenters. The van der Waals surface area contributed by atoms with Gasteiger partial charge in [0.15, 0.2) is 11.4 Å². The number of aromatic hydroxyl groups is 1. The van der Waals surface area contributed by atoms with Crippen molar-refractivity contribution < 1.29 is 18.4 Å². The number of nitro benzene ring substituents is 1. The highest BCUT2D eigenvalue weighted by molar-refractivity contribution is 7.89. The molecule has 0 fully saturated rings. The van der Waals surface area contributed by atoms with Crippen molar-refractivity contribution in [2.45, 2.75) is 4.90 Å². The van der Waals surface area contributed by atoms with E-state index < -0.39 is 25.5 Å². The minimum absolute atomic E-state index is 0.0346. The van der Waals surface area contributed by atoms with Crippen molar-refractivity contribution in [3.05, 3.63) is 51.5 Å².